The molecule has 2 rings (SSSR count). The fraction of sp³-hybridized carbons (Fsp3) is 0.267. The lowest BCUT2D eigenvalue weighted by Gasteiger charge is -2.07. The number of nitro groups is 1. The van der Waals surface area contributed by atoms with Gasteiger partial charge in [-0.3, -0.25) is 10.1 Å². The first-order chi connectivity index (χ1) is 10.1. The summed E-state index contributed by atoms with van der Waals surface area (Å²) < 4.78 is 5.48. The summed E-state index contributed by atoms with van der Waals surface area (Å²) >= 11 is 0. The van der Waals surface area contributed by atoms with Gasteiger partial charge in [-0.05, 0) is 36.6 Å². The van der Waals surface area contributed by atoms with E-state index in [4.69, 9.17) is 10.5 Å². The van der Waals surface area contributed by atoms with Crippen LogP contribution in [0.3, 0.4) is 0 Å². The topological polar surface area (TPSA) is 91.3 Å². The van der Waals surface area contributed by atoms with Gasteiger partial charge in [0.25, 0.3) is 0 Å². The highest BCUT2D eigenvalue weighted by molar-refractivity contribution is 5.48. The number of unbranched alkanes of at least 4 members (excludes halogenated alkanes) is 1. The molecule has 1 aromatic heterocycles. The maximum absolute atomic E-state index is 10.9. The number of nitrogen functional groups attached to an aromatic ring is 1. The van der Waals surface area contributed by atoms with E-state index in [-0.39, 0.29) is 17.4 Å². The SMILES string of the molecule is CCCCc1ccc(Oc2nc(N)ccc2[N+](=O)[O-])cc1. The third-order valence-electron chi connectivity index (χ3n) is 3.02. The van der Waals surface area contributed by atoms with Gasteiger partial charge in [-0.25, -0.2) is 0 Å². The molecule has 0 unspecified atom stereocenters. The molecule has 1 heterocycles. The molecule has 2 aromatic rings. The minimum absolute atomic E-state index is 0.0960. The van der Waals surface area contributed by atoms with Gasteiger partial charge in [0.2, 0.25) is 0 Å². The standard InChI is InChI=1S/C15H17N3O3/c1-2-3-4-11-5-7-12(8-6-11)21-15-13(18(19)20)9-10-14(16)17-15/h5-10H,2-4H2,1H3,(H2,16,17). The fourth-order valence-electron chi connectivity index (χ4n) is 1.88. The van der Waals surface area contributed by atoms with E-state index in [1.165, 1.54) is 17.7 Å². The second-order valence-corrected chi connectivity index (χ2v) is 4.67. The number of benzene rings is 1. The van der Waals surface area contributed by atoms with E-state index in [9.17, 15) is 10.1 Å². The number of rotatable bonds is 6. The van der Waals surface area contributed by atoms with Gasteiger partial charge in [-0.2, -0.15) is 4.98 Å². The van der Waals surface area contributed by atoms with E-state index >= 15 is 0 Å². The minimum atomic E-state index is -0.544. The zero-order chi connectivity index (χ0) is 15.2. The fourth-order valence-corrected chi connectivity index (χ4v) is 1.88. The summed E-state index contributed by atoms with van der Waals surface area (Å²) in [6, 6.07) is 10.1. The Morgan fingerprint density at radius 1 is 1.24 bits per heavy atom. The van der Waals surface area contributed by atoms with Crippen LogP contribution in [0.5, 0.6) is 11.6 Å². The van der Waals surface area contributed by atoms with E-state index in [0.29, 0.717) is 5.75 Å². The van der Waals surface area contributed by atoms with Gasteiger partial charge in [0, 0.05) is 6.07 Å². The minimum Gasteiger partial charge on any atom is -0.434 e. The smallest absolute Gasteiger partial charge is 0.331 e. The van der Waals surface area contributed by atoms with Gasteiger partial charge in [-0.15, -0.1) is 0 Å². The first kappa shape index (κ1) is 14.8. The van der Waals surface area contributed by atoms with Crippen molar-refractivity contribution in [3.8, 4) is 11.6 Å². The lowest BCUT2D eigenvalue weighted by atomic mass is 10.1. The first-order valence-corrected chi connectivity index (χ1v) is 6.78. The predicted octanol–water partition coefficient (Wildman–Crippen LogP) is 3.71. The summed E-state index contributed by atoms with van der Waals surface area (Å²) in [4.78, 5) is 14.3. The van der Waals surface area contributed by atoms with Crippen molar-refractivity contribution in [3.05, 3.63) is 52.1 Å². The van der Waals surface area contributed by atoms with Crippen molar-refractivity contribution in [2.75, 3.05) is 5.73 Å². The highest BCUT2D eigenvalue weighted by Gasteiger charge is 2.17. The maximum atomic E-state index is 10.9. The Balaban J connectivity index is 2.18. The van der Waals surface area contributed by atoms with Gasteiger partial charge in [0.05, 0.1) is 4.92 Å². The summed E-state index contributed by atoms with van der Waals surface area (Å²) in [5.41, 5.74) is 6.55. The highest BCUT2D eigenvalue weighted by Crippen LogP contribution is 2.30. The Hall–Kier alpha value is -2.63. The molecule has 0 amide bonds. The molecule has 21 heavy (non-hydrogen) atoms. The second-order valence-electron chi connectivity index (χ2n) is 4.67. The number of anilines is 1. The number of nitrogens with two attached hydrogens (primary N) is 1. The Labute approximate surface area is 122 Å². The molecule has 6 heteroatoms. The molecule has 2 N–H and O–H groups in total. The third-order valence-corrected chi connectivity index (χ3v) is 3.02. The zero-order valence-corrected chi connectivity index (χ0v) is 11.8. The molecule has 0 aliphatic rings. The van der Waals surface area contributed by atoms with E-state index in [2.05, 4.69) is 11.9 Å². The van der Waals surface area contributed by atoms with E-state index in [1.54, 1.807) is 12.1 Å². The molecule has 6 nitrogen and oxygen atoms in total. The summed E-state index contributed by atoms with van der Waals surface area (Å²) in [6.07, 6.45) is 3.27. The molecule has 0 aliphatic carbocycles. The van der Waals surface area contributed by atoms with Crippen molar-refractivity contribution in [1.82, 2.24) is 4.98 Å². The Morgan fingerprint density at radius 3 is 2.57 bits per heavy atom. The zero-order valence-electron chi connectivity index (χ0n) is 11.8. The number of hydrogen-bond acceptors (Lipinski definition) is 5. The highest BCUT2D eigenvalue weighted by atomic mass is 16.6. The van der Waals surface area contributed by atoms with Crippen molar-refractivity contribution >= 4 is 11.5 Å². The van der Waals surface area contributed by atoms with Crippen LogP contribution in [-0.2, 0) is 6.42 Å². The largest absolute Gasteiger partial charge is 0.434 e. The van der Waals surface area contributed by atoms with Crippen molar-refractivity contribution in [2.45, 2.75) is 26.2 Å². The van der Waals surface area contributed by atoms with Gasteiger partial charge >= 0.3 is 11.6 Å². The van der Waals surface area contributed by atoms with Crippen molar-refractivity contribution in [1.29, 1.82) is 0 Å². The van der Waals surface area contributed by atoms with Crippen molar-refractivity contribution in [2.24, 2.45) is 0 Å². The Kier molecular flexibility index (Phi) is 4.71. The molecule has 0 bridgehead atoms. The summed E-state index contributed by atoms with van der Waals surface area (Å²) in [7, 11) is 0. The number of pyridine rings is 1. The Morgan fingerprint density at radius 2 is 1.95 bits per heavy atom. The lowest BCUT2D eigenvalue weighted by molar-refractivity contribution is -0.386. The van der Waals surface area contributed by atoms with E-state index in [0.717, 1.165) is 19.3 Å². The first-order valence-electron chi connectivity index (χ1n) is 6.78. The van der Waals surface area contributed by atoms with Gasteiger partial charge in [-0.1, -0.05) is 25.5 Å². The van der Waals surface area contributed by atoms with Crippen LogP contribution in [0.2, 0.25) is 0 Å². The van der Waals surface area contributed by atoms with E-state index < -0.39 is 4.92 Å². The molecule has 0 saturated heterocycles. The normalized spacial score (nSPS) is 10.3. The number of ether oxygens (including phenoxy) is 1. The summed E-state index contributed by atoms with van der Waals surface area (Å²) in [5, 5.41) is 10.9. The van der Waals surface area contributed by atoms with Crippen LogP contribution in [0, 0.1) is 10.1 Å². The molecular formula is C15H17N3O3. The molecule has 0 aliphatic heterocycles. The molecule has 0 saturated carbocycles. The average Bonchev–Trinajstić information content (AvgIpc) is 2.46. The molecular weight excluding hydrogens is 270 g/mol. The molecule has 0 radical (unpaired) electrons. The lowest BCUT2D eigenvalue weighted by Crippen LogP contribution is -1.99. The molecule has 0 spiro atoms. The van der Waals surface area contributed by atoms with Crippen molar-refractivity contribution in [3.63, 3.8) is 0 Å². The number of nitrogens with zero attached hydrogens (tertiary/aromatic N) is 2. The quantitative estimate of drug-likeness (QED) is 0.646. The van der Waals surface area contributed by atoms with Crippen LogP contribution < -0.4 is 10.5 Å². The maximum Gasteiger partial charge on any atom is 0.331 e. The molecule has 1 aromatic carbocycles. The van der Waals surface area contributed by atoms with Crippen LogP contribution >= 0.6 is 0 Å². The summed E-state index contributed by atoms with van der Waals surface area (Å²) in [6.45, 7) is 2.14. The number of hydrogen-bond donors (Lipinski definition) is 1. The van der Waals surface area contributed by atoms with Crippen LogP contribution in [0.25, 0.3) is 0 Å². The van der Waals surface area contributed by atoms with Gasteiger partial charge < -0.3 is 10.5 Å². The van der Waals surface area contributed by atoms with Crippen LogP contribution in [0.1, 0.15) is 25.3 Å². The Bertz CT molecular complexity index is 627. The monoisotopic (exact) mass is 287 g/mol. The second kappa shape index (κ2) is 6.69. The van der Waals surface area contributed by atoms with Gasteiger partial charge in [0.15, 0.2) is 0 Å². The number of aryl methyl sites for hydroxylation is 1. The van der Waals surface area contributed by atoms with Crippen LogP contribution in [-0.4, -0.2) is 9.91 Å². The van der Waals surface area contributed by atoms with Gasteiger partial charge in [0.1, 0.15) is 11.6 Å². The molecule has 0 atom stereocenters. The van der Waals surface area contributed by atoms with Crippen LogP contribution in [0.15, 0.2) is 36.4 Å². The molecule has 110 valence electrons. The van der Waals surface area contributed by atoms with Crippen molar-refractivity contribution < 1.29 is 9.66 Å². The third kappa shape index (κ3) is 3.92. The average molecular weight is 287 g/mol. The van der Waals surface area contributed by atoms with E-state index in [1.807, 2.05) is 12.1 Å². The predicted molar refractivity (Wildman–Crippen MR) is 80.4 cm³/mol. The molecule has 0 fully saturated rings. The van der Waals surface area contributed by atoms with Crippen LogP contribution in [0.4, 0.5) is 11.5 Å². The summed E-state index contributed by atoms with van der Waals surface area (Å²) in [5.74, 6) is 0.577. The number of aromatic nitrogens is 1.